The molecule has 1 fully saturated rings. The van der Waals surface area contributed by atoms with Gasteiger partial charge in [0.05, 0.1) is 0 Å². The third-order valence-electron chi connectivity index (χ3n) is 3.81. The number of nitrogens with zero attached hydrogens (tertiary/aromatic N) is 2. The van der Waals surface area contributed by atoms with E-state index in [4.69, 9.17) is 16.2 Å². The van der Waals surface area contributed by atoms with E-state index in [1.807, 2.05) is 0 Å². The second kappa shape index (κ2) is 8.13. The minimum atomic E-state index is -0.907. The van der Waals surface area contributed by atoms with E-state index in [1.165, 1.54) is 4.90 Å². The standard InChI is InChI=1S/C16H21N5O4/c17-15(18)11-3-5-12(6-4-11)21-9-8-20(16(21)25)10-13(22)19-7-1-2-14(23)24/h3-6H,1-2,7-10H2,(H3,17,18)(H,19,22)(H,23,24). The van der Waals surface area contributed by atoms with Crippen molar-refractivity contribution in [3.63, 3.8) is 0 Å². The van der Waals surface area contributed by atoms with Crippen LogP contribution in [-0.2, 0) is 9.59 Å². The summed E-state index contributed by atoms with van der Waals surface area (Å²) >= 11 is 0. The number of aliphatic carboxylic acids is 1. The van der Waals surface area contributed by atoms with Crippen molar-refractivity contribution >= 4 is 29.4 Å². The smallest absolute Gasteiger partial charge is 0.325 e. The van der Waals surface area contributed by atoms with E-state index in [-0.39, 0.29) is 37.3 Å². The number of hydrogen-bond acceptors (Lipinski definition) is 4. The lowest BCUT2D eigenvalue weighted by Crippen LogP contribution is -2.40. The van der Waals surface area contributed by atoms with Crippen LogP contribution >= 0.6 is 0 Å². The summed E-state index contributed by atoms with van der Waals surface area (Å²) in [6.45, 7) is 1.09. The number of carboxylic acids is 1. The third-order valence-corrected chi connectivity index (χ3v) is 3.81. The number of nitrogens with one attached hydrogen (secondary N) is 2. The van der Waals surface area contributed by atoms with Crippen molar-refractivity contribution in [2.75, 3.05) is 31.1 Å². The molecule has 0 radical (unpaired) electrons. The molecule has 1 aromatic rings. The Balaban J connectivity index is 1.85. The van der Waals surface area contributed by atoms with Gasteiger partial charge in [-0.15, -0.1) is 0 Å². The summed E-state index contributed by atoms with van der Waals surface area (Å²) in [5.74, 6) is -1.26. The molecule has 0 atom stereocenters. The van der Waals surface area contributed by atoms with Gasteiger partial charge in [-0.05, 0) is 30.7 Å². The van der Waals surface area contributed by atoms with Gasteiger partial charge >= 0.3 is 12.0 Å². The summed E-state index contributed by atoms with van der Waals surface area (Å²) in [6, 6.07) is 6.50. The van der Waals surface area contributed by atoms with Crippen molar-refractivity contribution in [2.24, 2.45) is 5.73 Å². The van der Waals surface area contributed by atoms with Gasteiger partial charge in [0.1, 0.15) is 12.4 Å². The van der Waals surface area contributed by atoms with Crippen LogP contribution in [0.15, 0.2) is 24.3 Å². The first-order valence-corrected chi connectivity index (χ1v) is 7.88. The Morgan fingerprint density at radius 1 is 1.24 bits per heavy atom. The van der Waals surface area contributed by atoms with Crippen molar-refractivity contribution < 1.29 is 19.5 Å². The number of carbonyl (C=O) groups is 3. The number of carbonyl (C=O) groups excluding carboxylic acids is 2. The summed E-state index contributed by atoms with van der Waals surface area (Å²) in [5.41, 5.74) is 6.66. The molecule has 9 heteroatoms. The van der Waals surface area contributed by atoms with Crippen molar-refractivity contribution in [1.29, 1.82) is 5.41 Å². The van der Waals surface area contributed by atoms with E-state index in [2.05, 4.69) is 5.32 Å². The molecule has 2 rings (SSSR count). The second-order valence-corrected chi connectivity index (χ2v) is 5.66. The van der Waals surface area contributed by atoms with E-state index < -0.39 is 5.97 Å². The van der Waals surface area contributed by atoms with Gasteiger partial charge < -0.3 is 21.1 Å². The number of rotatable bonds is 8. The highest BCUT2D eigenvalue weighted by molar-refractivity contribution is 5.98. The Labute approximate surface area is 144 Å². The number of urea groups is 1. The fourth-order valence-electron chi connectivity index (χ4n) is 2.49. The number of nitrogens with two attached hydrogens (primary N) is 1. The zero-order valence-corrected chi connectivity index (χ0v) is 13.7. The highest BCUT2D eigenvalue weighted by Crippen LogP contribution is 2.20. The lowest BCUT2D eigenvalue weighted by atomic mass is 10.2. The molecule has 0 aromatic heterocycles. The van der Waals surface area contributed by atoms with Crippen LogP contribution < -0.4 is 16.0 Å². The first kappa shape index (κ1) is 18.2. The average molecular weight is 347 g/mol. The maximum Gasteiger partial charge on any atom is 0.325 e. The molecular formula is C16H21N5O4. The molecule has 9 nitrogen and oxygen atoms in total. The molecular weight excluding hydrogens is 326 g/mol. The average Bonchev–Trinajstić information content (AvgIpc) is 2.92. The summed E-state index contributed by atoms with van der Waals surface area (Å²) < 4.78 is 0. The molecule has 5 N–H and O–H groups in total. The van der Waals surface area contributed by atoms with Gasteiger partial charge in [0, 0.05) is 37.3 Å². The van der Waals surface area contributed by atoms with Gasteiger partial charge in [0.2, 0.25) is 5.91 Å². The largest absolute Gasteiger partial charge is 0.481 e. The Bertz CT molecular complexity index is 674. The van der Waals surface area contributed by atoms with E-state index in [9.17, 15) is 14.4 Å². The van der Waals surface area contributed by atoms with Crippen LogP contribution in [0.3, 0.4) is 0 Å². The molecule has 134 valence electrons. The maximum atomic E-state index is 12.4. The van der Waals surface area contributed by atoms with Gasteiger partial charge in [-0.3, -0.25) is 19.9 Å². The second-order valence-electron chi connectivity index (χ2n) is 5.66. The molecule has 3 amide bonds. The third kappa shape index (κ3) is 4.93. The predicted molar refractivity (Wildman–Crippen MR) is 91.7 cm³/mol. The SMILES string of the molecule is N=C(N)c1ccc(N2CCN(CC(=O)NCCCC(=O)O)C2=O)cc1. The Morgan fingerprint density at radius 2 is 1.92 bits per heavy atom. The number of carboxylic acid groups (broad SMARTS) is 1. The Kier molecular flexibility index (Phi) is 5.93. The number of benzene rings is 1. The quantitative estimate of drug-likeness (QED) is 0.302. The van der Waals surface area contributed by atoms with Crippen LogP contribution in [0.4, 0.5) is 10.5 Å². The van der Waals surface area contributed by atoms with Crippen molar-refractivity contribution in [1.82, 2.24) is 10.2 Å². The molecule has 1 heterocycles. The number of amides is 3. The van der Waals surface area contributed by atoms with Gasteiger partial charge in [-0.1, -0.05) is 0 Å². The Hall–Kier alpha value is -3.10. The fraction of sp³-hybridized carbons (Fsp3) is 0.375. The van der Waals surface area contributed by atoms with Crippen LogP contribution in [0.5, 0.6) is 0 Å². The maximum absolute atomic E-state index is 12.4. The van der Waals surface area contributed by atoms with E-state index in [1.54, 1.807) is 29.2 Å². The lowest BCUT2D eigenvalue weighted by molar-refractivity contribution is -0.137. The molecule has 25 heavy (non-hydrogen) atoms. The van der Waals surface area contributed by atoms with E-state index in [0.717, 1.165) is 0 Å². The number of hydrogen-bond donors (Lipinski definition) is 4. The molecule has 0 spiro atoms. The number of nitrogen functional groups attached to an aromatic ring is 1. The molecule has 0 unspecified atom stereocenters. The molecule has 1 aliphatic rings. The van der Waals surface area contributed by atoms with E-state index >= 15 is 0 Å². The molecule has 1 saturated heterocycles. The van der Waals surface area contributed by atoms with Crippen LogP contribution in [0.1, 0.15) is 18.4 Å². The highest BCUT2D eigenvalue weighted by Gasteiger charge is 2.30. The monoisotopic (exact) mass is 347 g/mol. The fourth-order valence-corrected chi connectivity index (χ4v) is 2.49. The Morgan fingerprint density at radius 3 is 2.52 bits per heavy atom. The molecule has 0 aliphatic carbocycles. The zero-order chi connectivity index (χ0) is 18.4. The number of amidine groups is 1. The normalized spacial score (nSPS) is 13.8. The van der Waals surface area contributed by atoms with Gasteiger partial charge in [-0.2, -0.15) is 0 Å². The van der Waals surface area contributed by atoms with Gasteiger partial charge in [0.15, 0.2) is 0 Å². The topological polar surface area (TPSA) is 140 Å². The van der Waals surface area contributed by atoms with Crippen LogP contribution in [0.25, 0.3) is 0 Å². The predicted octanol–water partition coefficient (Wildman–Crippen LogP) is 0.194. The summed E-state index contributed by atoms with van der Waals surface area (Å²) in [7, 11) is 0. The zero-order valence-electron chi connectivity index (χ0n) is 13.7. The van der Waals surface area contributed by atoms with Crippen molar-refractivity contribution in [3.8, 4) is 0 Å². The lowest BCUT2D eigenvalue weighted by Gasteiger charge is -2.18. The number of anilines is 1. The minimum absolute atomic E-state index is 0.00698. The molecule has 1 aromatic carbocycles. The molecule has 1 aliphatic heterocycles. The highest BCUT2D eigenvalue weighted by atomic mass is 16.4. The van der Waals surface area contributed by atoms with Crippen LogP contribution in [-0.4, -0.2) is 59.9 Å². The minimum Gasteiger partial charge on any atom is -0.481 e. The van der Waals surface area contributed by atoms with Crippen molar-refractivity contribution in [2.45, 2.75) is 12.8 Å². The van der Waals surface area contributed by atoms with Crippen LogP contribution in [0.2, 0.25) is 0 Å². The first-order chi connectivity index (χ1) is 11.9. The molecule has 0 bridgehead atoms. The van der Waals surface area contributed by atoms with E-state index in [0.29, 0.717) is 30.8 Å². The van der Waals surface area contributed by atoms with Gasteiger partial charge in [0.25, 0.3) is 0 Å². The summed E-state index contributed by atoms with van der Waals surface area (Å²) in [6.07, 6.45) is 0.344. The summed E-state index contributed by atoms with van der Waals surface area (Å²) in [4.78, 5) is 37.6. The van der Waals surface area contributed by atoms with Gasteiger partial charge in [-0.25, -0.2) is 4.79 Å². The summed E-state index contributed by atoms with van der Waals surface area (Å²) in [5, 5.41) is 18.5. The van der Waals surface area contributed by atoms with Crippen LogP contribution in [0, 0.1) is 5.41 Å². The molecule has 0 saturated carbocycles. The first-order valence-electron chi connectivity index (χ1n) is 7.88. The van der Waals surface area contributed by atoms with Crippen molar-refractivity contribution in [3.05, 3.63) is 29.8 Å².